The number of ether oxygens (including phenoxy) is 4. The predicted octanol–water partition coefficient (Wildman–Crippen LogP) is 2.63. The Labute approximate surface area is 190 Å². The van der Waals surface area contributed by atoms with Gasteiger partial charge in [0.25, 0.3) is 0 Å². The van der Waals surface area contributed by atoms with E-state index in [1.54, 1.807) is 0 Å². The lowest BCUT2D eigenvalue weighted by Gasteiger charge is -2.49. The van der Waals surface area contributed by atoms with Crippen LogP contribution in [0.1, 0.15) is 17.4 Å². The number of benzene rings is 2. The lowest BCUT2D eigenvalue weighted by atomic mass is 9.93. The summed E-state index contributed by atoms with van der Waals surface area (Å²) in [5.74, 6) is -1.04. The molecule has 2 aliphatic heterocycles. The van der Waals surface area contributed by atoms with Gasteiger partial charge in [-0.15, -0.1) is 11.6 Å². The molecule has 1 unspecified atom stereocenters. The third-order valence-electron chi connectivity index (χ3n) is 5.45. The number of hydrogen-bond acceptors (Lipinski definition) is 7. The van der Waals surface area contributed by atoms with Gasteiger partial charge in [-0.05, 0) is 5.56 Å². The number of nitrogens with zero attached hydrogens (tertiary/aromatic N) is 1. The van der Waals surface area contributed by atoms with Gasteiger partial charge in [-0.3, -0.25) is 9.69 Å². The number of hydrogen-bond donors (Lipinski definition) is 1. The minimum Gasteiger partial charge on any atom is -0.456 e. The molecule has 0 saturated carbocycles. The van der Waals surface area contributed by atoms with E-state index in [0.29, 0.717) is 0 Å². The molecular formula is C23H24ClNO7. The number of halogens is 1. The van der Waals surface area contributed by atoms with Crippen molar-refractivity contribution < 1.29 is 33.6 Å². The zero-order valence-corrected chi connectivity index (χ0v) is 18.0. The fourth-order valence-electron chi connectivity index (χ4n) is 3.90. The minimum absolute atomic E-state index is 0.0860. The number of alkyl halides is 1. The number of rotatable bonds is 5. The molecule has 32 heavy (non-hydrogen) atoms. The van der Waals surface area contributed by atoms with Gasteiger partial charge in [0, 0.05) is 5.56 Å². The number of aliphatic hydroxyl groups is 1. The Balaban J connectivity index is 1.52. The molecule has 0 spiro atoms. The van der Waals surface area contributed by atoms with Crippen LogP contribution in [0.25, 0.3) is 0 Å². The monoisotopic (exact) mass is 461 g/mol. The highest BCUT2D eigenvalue weighted by atomic mass is 35.5. The summed E-state index contributed by atoms with van der Waals surface area (Å²) in [4.78, 5) is 26.1. The standard InChI is InChI=1S/C23H24ClNO7/c24-11-19(27)31-21-18(26)12-25(23(28)30-13-15-7-3-1-4-8-15)17-14-29-22(32-20(17)21)16-9-5-2-6-10-16/h1-10,17-18,20-22,26H,11-14H2/t17-,18+,20-,21-,22?/m1/s1. The van der Waals surface area contributed by atoms with Crippen molar-refractivity contribution in [1.82, 2.24) is 4.90 Å². The highest BCUT2D eigenvalue weighted by Gasteiger charge is 2.51. The van der Waals surface area contributed by atoms with Crippen molar-refractivity contribution in [3.05, 3.63) is 71.8 Å². The second kappa shape index (κ2) is 10.3. The van der Waals surface area contributed by atoms with Crippen molar-refractivity contribution in [3.8, 4) is 0 Å². The van der Waals surface area contributed by atoms with Gasteiger partial charge in [0.2, 0.25) is 0 Å². The summed E-state index contributed by atoms with van der Waals surface area (Å²) in [6.45, 7) is 0.104. The number of likely N-dealkylation sites (tertiary alicyclic amines) is 1. The second-order valence-corrected chi connectivity index (χ2v) is 7.86. The van der Waals surface area contributed by atoms with Crippen LogP contribution in [-0.2, 0) is 30.3 Å². The molecule has 0 aliphatic carbocycles. The number of carbonyl (C=O) groups excluding carboxylic acids is 2. The molecule has 2 aromatic rings. The van der Waals surface area contributed by atoms with Crippen LogP contribution in [0.2, 0.25) is 0 Å². The number of carbonyl (C=O) groups is 2. The Morgan fingerprint density at radius 3 is 2.47 bits per heavy atom. The van der Waals surface area contributed by atoms with E-state index >= 15 is 0 Å². The van der Waals surface area contributed by atoms with Crippen molar-refractivity contribution in [2.24, 2.45) is 0 Å². The first-order valence-corrected chi connectivity index (χ1v) is 10.8. The number of aliphatic hydroxyl groups excluding tert-OH is 1. The van der Waals surface area contributed by atoms with Crippen LogP contribution in [0.15, 0.2) is 60.7 Å². The molecule has 2 saturated heterocycles. The Hall–Kier alpha value is -2.65. The number of esters is 1. The van der Waals surface area contributed by atoms with Crippen molar-refractivity contribution in [1.29, 1.82) is 0 Å². The van der Waals surface area contributed by atoms with E-state index in [-0.39, 0.29) is 25.6 Å². The predicted molar refractivity (Wildman–Crippen MR) is 114 cm³/mol. The molecule has 0 bridgehead atoms. The van der Waals surface area contributed by atoms with E-state index in [4.69, 9.17) is 30.5 Å². The van der Waals surface area contributed by atoms with Crippen molar-refractivity contribution in [2.75, 3.05) is 19.0 Å². The van der Waals surface area contributed by atoms with E-state index in [1.165, 1.54) is 4.90 Å². The fraction of sp³-hybridized carbons (Fsp3) is 0.391. The topological polar surface area (TPSA) is 94.5 Å². The van der Waals surface area contributed by atoms with Gasteiger partial charge >= 0.3 is 12.1 Å². The van der Waals surface area contributed by atoms with Gasteiger partial charge < -0.3 is 24.1 Å². The van der Waals surface area contributed by atoms with Crippen molar-refractivity contribution in [3.63, 3.8) is 0 Å². The first-order chi connectivity index (χ1) is 15.6. The molecule has 0 aromatic heterocycles. The molecule has 2 aromatic carbocycles. The molecule has 8 nitrogen and oxygen atoms in total. The Morgan fingerprint density at radius 2 is 1.78 bits per heavy atom. The number of β-amino-alcohol motifs (C(OH)–C–C–N with tert-alkyl or cyclic N) is 1. The van der Waals surface area contributed by atoms with Crippen LogP contribution >= 0.6 is 11.6 Å². The molecule has 9 heteroatoms. The average Bonchev–Trinajstić information content (AvgIpc) is 2.84. The third-order valence-corrected chi connectivity index (χ3v) is 5.67. The van der Waals surface area contributed by atoms with E-state index in [2.05, 4.69) is 0 Å². The Kier molecular flexibility index (Phi) is 7.26. The normalized spacial score (nSPS) is 27.3. The highest BCUT2D eigenvalue weighted by Crippen LogP contribution is 2.35. The first-order valence-electron chi connectivity index (χ1n) is 10.3. The van der Waals surface area contributed by atoms with E-state index in [1.807, 2.05) is 60.7 Å². The molecule has 1 N–H and O–H groups in total. The van der Waals surface area contributed by atoms with Crippen LogP contribution < -0.4 is 0 Å². The third kappa shape index (κ3) is 5.05. The smallest absolute Gasteiger partial charge is 0.410 e. The lowest BCUT2D eigenvalue weighted by Crippen LogP contribution is -2.67. The summed E-state index contributed by atoms with van der Waals surface area (Å²) in [5, 5.41) is 10.7. The number of piperidine rings is 1. The molecule has 0 radical (unpaired) electrons. The molecule has 2 aliphatic rings. The summed E-state index contributed by atoms with van der Waals surface area (Å²) >= 11 is 5.59. The zero-order valence-electron chi connectivity index (χ0n) is 17.2. The van der Waals surface area contributed by atoms with Gasteiger partial charge in [-0.1, -0.05) is 60.7 Å². The molecular weight excluding hydrogens is 438 g/mol. The number of fused-ring (bicyclic) bond motifs is 1. The van der Waals surface area contributed by atoms with Crippen molar-refractivity contribution >= 4 is 23.7 Å². The van der Waals surface area contributed by atoms with Gasteiger partial charge in [-0.25, -0.2) is 4.79 Å². The SMILES string of the molecule is O=C(CCl)O[C@H]1[C@@H]2OC(c3ccccc3)OC[C@H]2N(C(=O)OCc2ccccc2)C[C@@H]1O. The second-order valence-electron chi connectivity index (χ2n) is 7.59. The number of amides is 1. The van der Waals surface area contributed by atoms with E-state index in [9.17, 15) is 14.7 Å². The Bertz CT molecular complexity index is 913. The van der Waals surface area contributed by atoms with E-state index in [0.717, 1.165) is 11.1 Å². The molecule has 2 fully saturated rings. The maximum atomic E-state index is 12.9. The summed E-state index contributed by atoms with van der Waals surface area (Å²) < 4.78 is 22.8. The maximum absolute atomic E-state index is 12.9. The lowest BCUT2D eigenvalue weighted by molar-refractivity contribution is -0.286. The summed E-state index contributed by atoms with van der Waals surface area (Å²) in [6.07, 6.45) is -4.35. The van der Waals surface area contributed by atoms with Crippen LogP contribution in [-0.4, -0.2) is 65.5 Å². The fourth-order valence-corrected chi connectivity index (χ4v) is 3.97. The molecule has 2 heterocycles. The molecule has 170 valence electrons. The molecule has 5 atom stereocenters. The van der Waals surface area contributed by atoms with Gasteiger partial charge in [0.15, 0.2) is 12.4 Å². The van der Waals surface area contributed by atoms with Crippen LogP contribution in [0, 0.1) is 0 Å². The Morgan fingerprint density at radius 1 is 1.09 bits per heavy atom. The quantitative estimate of drug-likeness (QED) is 0.540. The van der Waals surface area contributed by atoms with Crippen LogP contribution in [0.5, 0.6) is 0 Å². The zero-order chi connectivity index (χ0) is 22.5. The molecule has 4 rings (SSSR count). The maximum Gasteiger partial charge on any atom is 0.410 e. The average molecular weight is 462 g/mol. The van der Waals surface area contributed by atoms with Crippen LogP contribution in [0.4, 0.5) is 4.79 Å². The van der Waals surface area contributed by atoms with E-state index < -0.39 is 42.7 Å². The highest BCUT2D eigenvalue weighted by molar-refractivity contribution is 6.26. The molecule has 1 amide bonds. The van der Waals surface area contributed by atoms with Gasteiger partial charge in [0.05, 0.1) is 19.2 Å². The minimum atomic E-state index is -1.18. The largest absolute Gasteiger partial charge is 0.456 e. The van der Waals surface area contributed by atoms with Crippen molar-refractivity contribution in [2.45, 2.75) is 37.3 Å². The summed E-state index contributed by atoms with van der Waals surface area (Å²) in [7, 11) is 0. The summed E-state index contributed by atoms with van der Waals surface area (Å²) in [5.41, 5.74) is 1.61. The van der Waals surface area contributed by atoms with Gasteiger partial charge in [-0.2, -0.15) is 0 Å². The first kappa shape index (κ1) is 22.5. The van der Waals surface area contributed by atoms with Crippen LogP contribution in [0.3, 0.4) is 0 Å². The summed E-state index contributed by atoms with van der Waals surface area (Å²) in [6, 6.07) is 17.9. The van der Waals surface area contributed by atoms with Gasteiger partial charge in [0.1, 0.15) is 24.7 Å².